The number of hydrogen-bond acceptors (Lipinski definition) is 6. The molecule has 0 atom stereocenters. The molecule has 5 nitrogen and oxygen atoms in total. The van der Waals surface area contributed by atoms with E-state index in [9.17, 15) is 9.59 Å². The average Bonchev–Trinajstić information content (AvgIpc) is 3.19. The number of hydrogen-bond donors (Lipinski definition) is 0. The van der Waals surface area contributed by atoms with Gasteiger partial charge in [0.05, 0.1) is 20.7 Å². The van der Waals surface area contributed by atoms with Crippen molar-refractivity contribution >= 4 is 57.4 Å². The molecule has 2 amide bonds. The van der Waals surface area contributed by atoms with Crippen molar-refractivity contribution in [3.05, 3.63) is 57.2 Å². The van der Waals surface area contributed by atoms with Crippen LogP contribution in [0.2, 0.25) is 4.34 Å². The van der Waals surface area contributed by atoms with Crippen LogP contribution in [0.15, 0.2) is 52.7 Å². The van der Waals surface area contributed by atoms with E-state index in [0.29, 0.717) is 15.6 Å². The number of imide groups is 1. The van der Waals surface area contributed by atoms with Crippen LogP contribution in [-0.2, 0) is 4.79 Å². The fraction of sp³-hybridized carbons (Fsp3) is 0.125. The van der Waals surface area contributed by atoms with Crippen LogP contribution in [0.1, 0.15) is 22.2 Å². The first-order chi connectivity index (χ1) is 11.6. The summed E-state index contributed by atoms with van der Waals surface area (Å²) < 4.78 is 0.665. The van der Waals surface area contributed by atoms with Crippen LogP contribution in [0.4, 0.5) is 0 Å². The van der Waals surface area contributed by atoms with Gasteiger partial charge in [0.2, 0.25) is 5.91 Å². The molecule has 8 heteroatoms. The second kappa shape index (κ2) is 7.29. The maximum absolute atomic E-state index is 12.5. The van der Waals surface area contributed by atoms with Gasteiger partial charge in [-0.05, 0) is 31.2 Å². The van der Waals surface area contributed by atoms with Crippen LogP contribution >= 0.6 is 34.7 Å². The van der Waals surface area contributed by atoms with E-state index in [1.165, 1.54) is 23.1 Å². The normalized spacial score (nSPS) is 16.9. The summed E-state index contributed by atoms with van der Waals surface area (Å²) >= 11 is 8.50. The Labute approximate surface area is 152 Å². The number of thioether (sulfide) groups is 1. The fourth-order valence-corrected chi connectivity index (χ4v) is 3.80. The van der Waals surface area contributed by atoms with Crippen molar-refractivity contribution in [2.24, 2.45) is 10.2 Å². The van der Waals surface area contributed by atoms with Gasteiger partial charge in [0.15, 0.2) is 5.17 Å². The molecule has 0 N–H and O–H groups in total. The standard InChI is InChI=1S/C16H12ClN3O2S2/c1-10(12-7-8-13(17)24-12)18-19-16-20(14(21)9-23-16)15(22)11-5-3-2-4-6-11/h2-8H,9H2,1H3/b18-10-,19-16+. The minimum absolute atomic E-state index is 0.177. The zero-order valence-corrected chi connectivity index (χ0v) is 15.0. The summed E-state index contributed by atoms with van der Waals surface area (Å²) in [5, 5.41) is 8.53. The molecule has 2 aromatic rings. The lowest BCUT2D eigenvalue weighted by atomic mass is 10.2. The second-order valence-electron chi connectivity index (χ2n) is 4.86. The van der Waals surface area contributed by atoms with E-state index >= 15 is 0 Å². The number of thiophene rings is 1. The minimum atomic E-state index is -0.392. The Balaban J connectivity index is 1.86. The zero-order chi connectivity index (χ0) is 17.1. The van der Waals surface area contributed by atoms with Gasteiger partial charge in [-0.1, -0.05) is 41.6 Å². The lowest BCUT2D eigenvalue weighted by Gasteiger charge is -2.13. The first-order valence-electron chi connectivity index (χ1n) is 6.99. The fourth-order valence-electron chi connectivity index (χ4n) is 2.02. The van der Waals surface area contributed by atoms with Crippen LogP contribution in [-0.4, -0.2) is 33.3 Å². The smallest absolute Gasteiger partial charge is 0.266 e. The molecule has 122 valence electrons. The number of amidine groups is 1. The molecule has 0 aliphatic carbocycles. The summed E-state index contributed by atoms with van der Waals surface area (Å²) in [6, 6.07) is 12.3. The molecule has 1 fully saturated rings. The van der Waals surface area contributed by atoms with Crippen molar-refractivity contribution in [3.63, 3.8) is 0 Å². The third-order valence-corrected chi connectivity index (χ3v) is 5.46. The van der Waals surface area contributed by atoms with Gasteiger partial charge in [-0.25, -0.2) is 4.90 Å². The first-order valence-corrected chi connectivity index (χ1v) is 9.17. The van der Waals surface area contributed by atoms with Crippen molar-refractivity contribution < 1.29 is 9.59 Å². The van der Waals surface area contributed by atoms with E-state index in [-0.39, 0.29) is 16.8 Å². The van der Waals surface area contributed by atoms with E-state index in [1.807, 2.05) is 12.1 Å². The molecule has 0 saturated carbocycles. The summed E-state index contributed by atoms with van der Waals surface area (Å²) in [7, 11) is 0. The molecule has 1 aromatic carbocycles. The van der Waals surface area contributed by atoms with Crippen LogP contribution in [0.25, 0.3) is 0 Å². The van der Waals surface area contributed by atoms with Crippen LogP contribution in [0.3, 0.4) is 0 Å². The molecule has 24 heavy (non-hydrogen) atoms. The Morgan fingerprint density at radius 3 is 2.62 bits per heavy atom. The predicted octanol–water partition coefficient (Wildman–Crippen LogP) is 3.90. The summed E-state index contributed by atoms with van der Waals surface area (Å²) in [5.41, 5.74) is 1.11. The van der Waals surface area contributed by atoms with E-state index in [1.54, 1.807) is 37.3 Å². The predicted molar refractivity (Wildman–Crippen MR) is 99.1 cm³/mol. The Morgan fingerprint density at radius 1 is 1.21 bits per heavy atom. The van der Waals surface area contributed by atoms with Crippen LogP contribution in [0, 0.1) is 0 Å². The maximum atomic E-state index is 12.5. The number of halogens is 1. The van der Waals surface area contributed by atoms with Crippen molar-refractivity contribution in [1.29, 1.82) is 0 Å². The summed E-state index contributed by atoms with van der Waals surface area (Å²) in [4.78, 5) is 26.6. The molecule has 0 unspecified atom stereocenters. The highest BCUT2D eigenvalue weighted by Gasteiger charge is 2.34. The molecule has 0 radical (unpaired) electrons. The topological polar surface area (TPSA) is 62.1 Å². The van der Waals surface area contributed by atoms with E-state index in [0.717, 1.165) is 9.78 Å². The summed E-state index contributed by atoms with van der Waals surface area (Å²) in [6.45, 7) is 1.80. The number of nitrogens with zero attached hydrogens (tertiary/aromatic N) is 3. The van der Waals surface area contributed by atoms with Crippen molar-refractivity contribution in [3.8, 4) is 0 Å². The monoisotopic (exact) mass is 377 g/mol. The molecule has 2 heterocycles. The van der Waals surface area contributed by atoms with Crippen molar-refractivity contribution in [1.82, 2.24) is 4.90 Å². The summed E-state index contributed by atoms with van der Waals surface area (Å²) in [6.07, 6.45) is 0. The van der Waals surface area contributed by atoms with Gasteiger partial charge in [0, 0.05) is 5.56 Å². The van der Waals surface area contributed by atoms with Gasteiger partial charge >= 0.3 is 0 Å². The Morgan fingerprint density at radius 2 is 1.96 bits per heavy atom. The van der Waals surface area contributed by atoms with Crippen LogP contribution < -0.4 is 0 Å². The van der Waals surface area contributed by atoms with Gasteiger partial charge in [0.25, 0.3) is 5.91 Å². The molecule has 3 rings (SSSR count). The highest BCUT2D eigenvalue weighted by Crippen LogP contribution is 2.24. The number of carbonyl (C=O) groups excluding carboxylic acids is 2. The number of carbonyl (C=O) groups is 2. The zero-order valence-electron chi connectivity index (χ0n) is 12.6. The van der Waals surface area contributed by atoms with Crippen molar-refractivity contribution in [2.45, 2.75) is 6.92 Å². The summed E-state index contributed by atoms with van der Waals surface area (Å²) in [5.74, 6) is -0.507. The molecule has 1 saturated heterocycles. The minimum Gasteiger partial charge on any atom is -0.273 e. The first kappa shape index (κ1) is 16.9. The van der Waals surface area contributed by atoms with Gasteiger partial charge in [0.1, 0.15) is 0 Å². The van der Waals surface area contributed by atoms with Gasteiger partial charge < -0.3 is 0 Å². The third-order valence-electron chi connectivity index (χ3n) is 3.20. The highest BCUT2D eigenvalue weighted by molar-refractivity contribution is 8.15. The SMILES string of the molecule is C/C(=N/N=C1/SCC(=O)N1C(=O)c1ccccc1)c1ccc(Cl)s1. The van der Waals surface area contributed by atoms with E-state index in [4.69, 9.17) is 11.6 Å². The van der Waals surface area contributed by atoms with E-state index in [2.05, 4.69) is 10.2 Å². The van der Waals surface area contributed by atoms with Gasteiger partial charge in [-0.3, -0.25) is 9.59 Å². The lowest BCUT2D eigenvalue weighted by Crippen LogP contribution is -2.35. The lowest BCUT2D eigenvalue weighted by molar-refractivity contribution is -0.122. The molecule has 1 aliphatic rings. The quantitative estimate of drug-likeness (QED) is 0.463. The molecule has 0 spiro atoms. The van der Waals surface area contributed by atoms with Gasteiger partial charge in [-0.2, -0.15) is 5.10 Å². The number of benzene rings is 1. The Hall–Kier alpha value is -1.96. The third kappa shape index (κ3) is 3.58. The maximum Gasteiger partial charge on any atom is 0.266 e. The molecular formula is C16H12ClN3O2S2. The Bertz CT molecular complexity index is 846. The Kier molecular flexibility index (Phi) is 5.13. The number of amides is 2. The molecule has 1 aliphatic heterocycles. The highest BCUT2D eigenvalue weighted by atomic mass is 35.5. The van der Waals surface area contributed by atoms with E-state index < -0.39 is 5.91 Å². The molecule has 0 bridgehead atoms. The molecule has 1 aromatic heterocycles. The average molecular weight is 378 g/mol. The van der Waals surface area contributed by atoms with Crippen LogP contribution in [0.5, 0.6) is 0 Å². The van der Waals surface area contributed by atoms with Crippen molar-refractivity contribution in [2.75, 3.05) is 5.75 Å². The number of rotatable bonds is 3. The van der Waals surface area contributed by atoms with Gasteiger partial charge in [-0.15, -0.1) is 16.4 Å². The second-order valence-corrected chi connectivity index (χ2v) is 7.52. The largest absolute Gasteiger partial charge is 0.273 e. The molecular weight excluding hydrogens is 366 g/mol.